The summed E-state index contributed by atoms with van der Waals surface area (Å²) in [5.41, 5.74) is 1.76. The first kappa shape index (κ1) is 17.7. The van der Waals surface area contributed by atoms with Crippen molar-refractivity contribution < 1.29 is 9.84 Å². The molecule has 2 aromatic rings. The molecule has 4 nitrogen and oxygen atoms in total. The van der Waals surface area contributed by atoms with Crippen LogP contribution in [0.1, 0.15) is 46.1 Å². The van der Waals surface area contributed by atoms with E-state index < -0.39 is 5.60 Å². The first-order valence-corrected chi connectivity index (χ1v) is 8.30. The average Bonchev–Trinajstić information content (AvgIpc) is 2.84. The molecule has 23 heavy (non-hydrogen) atoms. The number of ether oxygens (including phenoxy) is 1. The Hall–Kier alpha value is -1.65. The molecule has 0 amide bonds. The second-order valence-corrected chi connectivity index (χ2v) is 6.79. The Morgan fingerprint density at radius 2 is 1.87 bits per heavy atom. The highest BCUT2D eigenvalue weighted by Gasteiger charge is 2.28. The fourth-order valence-corrected chi connectivity index (χ4v) is 2.68. The van der Waals surface area contributed by atoms with Crippen LogP contribution in [0, 0.1) is 5.92 Å². The average molecular weight is 316 g/mol. The van der Waals surface area contributed by atoms with Crippen molar-refractivity contribution >= 4 is 0 Å². The Morgan fingerprint density at radius 1 is 1.22 bits per heavy atom. The Kier molecular flexibility index (Phi) is 5.60. The van der Waals surface area contributed by atoms with E-state index in [0.29, 0.717) is 24.8 Å². The second kappa shape index (κ2) is 7.28. The molecule has 0 unspecified atom stereocenters. The molecule has 1 heterocycles. The van der Waals surface area contributed by atoms with Crippen LogP contribution in [0.2, 0.25) is 0 Å². The SMILES string of the molecule is CCOCc1nc(C(C)(C)O)c(-c2ccccc2)n1CC(C)C. The van der Waals surface area contributed by atoms with E-state index in [1.54, 1.807) is 13.8 Å². The summed E-state index contributed by atoms with van der Waals surface area (Å²) in [4.78, 5) is 4.74. The number of benzene rings is 1. The van der Waals surface area contributed by atoms with Crippen LogP contribution in [-0.4, -0.2) is 21.3 Å². The number of nitrogens with zero attached hydrogens (tertiary/aromatic N) is 2. The smallest absolute Gasteiger partial charge is 0.135 e. The van der Waals surface area contributed by atoms with Crippen LogP contribution >= 0.6 is 0 Å². The Bertz CT molecular complexity index is 625. The van der Waals surface area contributed by atoms with Crippen molar-refractivity contribution in [3.8, 4) is 11.3 Å². The predicted octanol–water partition coefficient (Wildman–Crippen LogP) is 3.97. The van der Waals surface area contributed by atoms with E-state index in [-0.39, 0.29) is 0 Å². The van der Waals surface area contributed by atoms with Gasteiger partial charge in [-0.15, -0.1) is 0 Å². The van der Waals surface area contributed by atoms with Crippen LogP contribution in [-0.2, 0) is 23.5 Å². The fourth-order valence-electron chi connectivity index (χ4n) is 2.68. The van der Waals surface area contributed by atoms with Crippen molar-refractivity contribution in [2.24, 2.45) is 5.92 Å². The van der Waals surface area contributed by atoms with Crippen molar-refractivity contribution in [3.05, 3.63) is 41.9 Å². The van der Waals surface area contributed by atoms with Gasteiger partial charge in [-0.1, -0.05) is 44.2 Å². The van der Waals surface area contributed by atoms with Gasteiger partial charge in [0.05, 0.1) is 11.4 Å². The van der Waals surface area contributed by atoms with Gasteiger partial charge in [-0.25, -0.2) is 4.98 Å². The van der Waals surface area contributed by atoms with E-state index in [1.807, 2.05) is 25.1 Å². The van der Waals surface area contributed by atoms with Crippen molar-refractivity contribution in [1.29, 1.82) is 0 Å². The lowest BCUT2D eigenvalue weighted by Gasteiger charge is -2.19. The van der Waals surface area contributed by atoms with Crippen molar-refractivity contribution in [2.45, 2.75) is 53.4 Å². The predicted molar refractivity (Wildman–Crippen MR) is 93.1 cm³/mol. The van der Waals surface area contributed by atoms with Crippen LogP contribution in [0.5, 0.6) is 0 Å². The molecular weight excluding hydrogens is 288 g/mol. The number of hydrogen-bond acceptors (Lipinski definition) is 3. The van der Waals surface area contributed by atoms with Crippen LogP contribution < -0.4 is 0 Å². The van der Waals surface area contributed by atoms with Crippen LogP contribution in [0.25, 0.3) is 11.3 Å². The molecule has 1 aromatic heterocycles. The van der Waals surface area contributed by atoms with Crippen LogP contribution in [0.4, 0.5) is 0 Å². The summed E-state index contributed by atoms with van der Waals surface area (Å²) in [7, 11) is 0. The third kappa shape index (κ3) is 4.21. The zero-order chi connectivity index (χ0) is 17.0. The van der Waals surface area contributed by atoms with E-state index >= 15 is 0 Å². The first-order chi connectivity index (χ1) is 10.8. The standard InChI is InChI=1S/C19H28N2O2/c1-6-23-13-16-20-18(19(4,5)22)17(21(16)12-14(2)3)15-10-8-7-9-11-15/h7-11,14,22H,6,12-13H2,1-5H3. The molecule has 4 heteroatoms. The number of aromatic nitrogens is 2. The lowest BCUT2D eigenvalue weighted by atomic mass is 9.99. The van der Waals surface area contributed by atoms with Gasteiger partial charge < -0.3 is 14.4 Å². The topological polar surface area (TPSA) is 47.3 Å². The molecule has 0 atom stereocenters. The molecule has 126 valence electrons. The summed E-state index contributed by atoms with van der Waals surface area (Å²) in [6, 6.07) is 10.1. The fraction of sp³-hybridized carbons (Fsp3) is 0.526. The molecule has 0 bridgehead atoms. The number of hydrogen-bond donors (Lipinski definition) is 1. The largest absolute Gasteiger partial charge is 0.384 e. The van der Waals surface area contributed by atoms with Crippen LogP contribution in [0.15, 0.2) is 30.3 Å². The van der Waals surface area contributed by atoms with Crippen molar-refractivity contribution in [1.82, 2.24) is 9.55 Å². The maximum absolute atomic E-state index is 10.6. The highest BCUT2D eigenvalue weighted by atomic mass is 16.5. The van der Waals surface area contributed by atoms with E-state index in [1.165, 1.54) is 0 Å². The number of aliphatic hydroxyl groups is 1. The molecule has 0 radical (unpaired) electrons. The highest BCUT2D eigenvalue weighted by Crippen LogP contribution is 2.33. The monoisotopic (exact) mass is 316 g/mol. The molecule has 0 aliphatic rings. The van der Waals surface area contributed by atoms with Gasteiger partial charge in [-0.2, -0.15) is 0 Å². The minimum Gasteiger partial charge on any atom is -0.384 e. The van der Waals surface area contributed by atoms with Gasteiger partial charge in [-0.05, 0) is 26.7 Å². The van der Waals surface area contributed by atoms with E-state index in [4.69, 9.17) is 9.72 Å². The molecule has 0 saturated heterocycles. The molecule has 0 aliphatic carbocycles. The molecule has 2 rings (SSSR count). The molecule has 0 spiro atoms. The minimum atomic E-state index is -1.01. The molecule has 1 aromatic carbocycles. The lowest BCUT2D eigenvalue weighted by molar-refractivity contribution is 0.0741. The molecular formula is C19H28N2O2. The zero-order valence-electron chi connectivity index (χ0n) is 14.8. The van der Waals surface area contributed by atoms with Gasteiger partial charge >= 0.3 is 0 Å². The third-order valence-electron chi connectivity index (χ3n) is 3.66. The van der Waals surface area contributed by atoms with E-state index in [0.717, 1.165) is 23.6 Å². The zero-order valence-corrected chi connectivity index (χ0v) is 14.8. The number of imidazole rings is 1. The lowest BCUT2D eigenvalue weighted by Crippen LogP contribution is -2.18. The van der Waals surface area contributed by atoms with Gasteiger partial charge in [0.15, 0.2) is 0 Å². The van der Waals surface area contributed by atoms with Gasteiger partial charge in [-0.3, -0.25) is 0 Å². The summed E-state index contributed by atoms with van der Waals surface area (Å²) in [5.74, 6) is 1.35. The summed E-state index contributed by atoms with van der Waals surface area (Å²) in [6.45, 7) is 11.9. The summed E-state index contributed by atoms with van der Waals surface area (Å²) >= 11 is 0. The normalized spacial score (nSPS) is 12.1. The van der Waals surface area contributed by atoms with E-state index in [2.05, 4.69) is 30.5 Å². The molecule has 0 fully saturated rings. The Labute approximate surface area is 139 Å². The maximum Gasteiger partial charge on any atom is 0.135 e. The van der Waals surface area contributed by atoms with Gasteiger partial charge in [0, 0.05) is 18.7 Å². The van der Waals surface area contributed by atoms with Crippen LogP contribution in [0.3, 0.4) is 0 Å². The van der Waals surface area contributed by atoms with Crippen molar-refractivity contribution in [3.63, 3.8) is 0 Å². The van der Waals surface area contributed by atoms with Crippen molar-refractivity contribution in [2.75, 3.05) is 6.61 Å². The minimum absolute atomic E-state index is 0.457. The molecule has 0 aliphatic heterocycles. The summed E-state index contributed by atoms with van der Waals surface area (Å²) in [6.07, 6.45) is 0. The quantitative estimate of drug-likeness (QED) is 0.841. The second-order valence-electron chi connectivity index (χ2n) is 6.79. The highest BCUT2D eigenvalue weighted by molar-refractivity contribution is 5.64. The third-order valence-corrected chi connectivity index (χ3v) is 3.66. The maximum atomic E-state index is 10.6. The molecule has 0 saturated carbocycles. The molecule has 1 N–H and O–H groups in total. The summed E-state index contributed by atoms with van der Waals surface area (Å²) < 4.78 is 7.79. The van der Waals surface area contributed by atoms with E-state index in [9.17, 15) is 5.11 Å². The number of rotatable bonds is 7. The summed E-state index contributed by atoms with van der Waals surface area (Å²) in [5, 5.41) is 10.6. The van der Waals surface area contributed by atoms with Gasteiger partial charge in [0.25, 0.3) is 0 Å². The Balaban J connectivity index is 2.64. The van der Waals surface area contributed by atoms with Gasteiger partial charge in [0.2, 0.25) is 0 Å². The first-order valence-electron chi connectivity index (χ1n) is 8.30. The van der Waals surface area contributed by atoms with Gasteiger partial charge in [0.1, 0.15) is 18.0 Å². The Morgan fingerprint density at radius 3 is 2.39 bits per heavy atom.